The van der Waals surface area contributed by atoms with Gasteiger partial charge in [-0.05, 0) is 49.2 Å². The minimum absolute atomic E-state index is 0.146. The predicted octanol–water partition coefficient (Wildman–Crippen LogP) is 5.51. The summed E-state index contributed by atoms with van der Waals surface area (Å²) in [4.78, 5) is 47.3. The average Bonchev–Trinajstić information content (AvgIpc) is 3.44. The van der Waals surface area contributed by atoms with E-state index in [2.05, 4.69) is 0 Å². The molecule has 10 heteroatoms. The van der Waals surface area contributed by atoms with Crippen molar-refractivity contribution in [3.8, 4) is 0 Å². The molecular weight excluding hydrogens is 512 g/mol. The van der Waals surface area contributed by atoms with Crippen molar-refractivity contribution in [2.24, 2.45) is 0 Å². The number of carboxylic acid groups (broad SMARTS) is 1. The Morgan fingerprint density at radius 2 is 1.57 bits per heavy atom. The first kappa shape index (κ1) is 25.1. The number of hydrogen-bond donors (Lipinski definition) is 1. The number of halogens is 1. The van der Waals surface area contributed by atoms with Crippen molar-refractivity contribution in [1.29, 1.82) is 0 Å². The quantitative estimate of drug-likeness (QED) is 0.464. The summed E-state index contributed by atoms with van der Waals surface area (Å²) in [6, 6.07) is 19.3. The number of carboxylic acids is 1. The van der Waals surface area contributed by atoms with E-state index in [1.165, 1.54) is 16.2 Å². The van der Waals surface area contributed by atoms with Crippen LogP contribution in [0.15, 0.2) is 72.8 Å². The van der Waals surface area contributed by atoms with Gasteiger partial charge in [0.2, 0.25) is 0 Å². The highest BCUT2D eigenvalue weighted by Gasteiger charge is 2.54. The largest absolute Gasteiger partial charge is 0.480 e. The third-order valence-electron chi connectivity index (χ3n) is 6.94. The smallest absolute Gasteiger partial charge is 0.329 e. The Hall–Kier alpha value is -3.56. The van der Waals surface area contributed by atoms with Gasteiger partial charge in [0.25, 0.3) is 0 Å². The number of piperazine rings is 1. The standard InChI is InChI=1S/C27H27ClN4O4S/c1-29(17-21-13-15-23(28)37-21)26(35)32-20-12-14-22(32)24(25(33)34)30(16-20)27(36)31(18-8-4-2-5-9-18)19-10-6-3-7-11-19/h2-11,13,15,20,22,24H,12,14,16-17H2,1H3,(H,33,34)/t20-,22+,24-/m0/s1. The second-order valence-corrected chi connectivity index (χ2v) is 11.1. The number of anilines is 2. The topological polar surface area (TPSA) is 84.4 Å². The van der Waals surface area contributed by atoms with Crippen LogP contribution in [-0.4, -0.2) is 69.6 Å². The number of urea groups is 2. The fraction of sp³-hybridized carbons (Fsp3) is 0.296. The highest BCUT2D eigenvalue weighted by Crippen LogP contribution is 2.38. The zero-order valence-corrected chi connectivity index (χ0v) is 21.8. The highest BCUT2D eigenvalue weighted by molar-refractivity contribution is 7.16. The van der Waals surface area contributed by atoms with Gasteiger partial charge in [-0.15, -0.1) is 11.3 Å². The molecule has 2 aliphatic rings. The van der Waals surface area contributed by atoms with Crippen molar-refractivity contribution in [3.63, 3.8) is 0 Å². The Balaban J connectivity index is 1.43. The zero-order valence-electron chi connectivity index (χ0n) is 20.2. The molecule has 2 bridgehead atoms. The molecule has 2 fully saturated rings. The Morgan fingerprint density at radius 1 is 0.946 bits per heavy atom. The summed E-state index contributed by atoms with van der Waals surface area (Å²) in [7, 11) is 1.70. The minimum Gasteiger partial charge on any atom is -0.480 e. The van der Waals surface area contributed by atoms with Gasteiger partial charge in [-0.1, -0.05) is 48.0 Å². The molecule has 1 aromatic heterocycles. The summed E-state index contributed by atoms with van der Waals surface area (Å²) < 4.78 is 0.648. The molecule has 0 spiro atoms. The summed E-state index contributed by atoms with van der Waals surface area (Å²) in [5.41, 5.74) is 1.28. The molecule has 4 amide bonds. The lowest BCUT2D eigenvalue weighted by Crippen LogP contribution is -2.67. The second-order valence-electron chi connectivity index (χ2n) is 9.27. The summed E-state index contributed by atoms with van der Waals surface area (Å²) in [6.07, 6.45) is 1.16. The molecule has 8 nitrogen and oxygen atoms in total. The van der Waals surface area contributed by atoms with Gasteiger partial charge in [-0.25, -0.2) is 14.4 Å². The molecule has 0 radical (unpaired) electrons. The highest BCUT2D eigenvalue weighted by atomic mass is 35.5. The SMILES string of the molecule is CN(Cc1ccc(Cl)s1)C(=O)N1[C@H]2CC[C@@H]1[C@@H](C(=O)O)N(C(=O)N(c1ccccc1)c1ccccc1)C2. The Bertz CT molecular complexity index is 1250. The van der Waals surface area contributed by atoms with E-state index in [9.17, 15) is 19.5 Å². The van der Waals surface area contributed by atoms with E-state index in [4.69, 9.17) is 11.6 Å². The fourth-order valence-corrected chi connectivity index (χ4v) is 6.47. The molecule has 0 saturated carbocycles. The van der Waals surface area contributed by atoms with E-state index < -0.39 is 24.1 Å². The van der Waals surface area contributed by atoms with Gasteiger partial charge in [0.1, 0.15) is 0 Å². The van der Waals surface area contributed by atoms with Crippen LogP contribution in [0.4, 0.5) is 21.0 Å². The van der Waals surface area contributed by atoms with Crippen LogP contribution in [0, 0.1) is 0 Å². The van der Waals surface area contributed by atoms with Crippen LogP contribution < -0.4 is 4.90 Å². The number of nitrogens with zero attached hydrogens (tertiary/aromatic N) is 4. The van der Waals surface area contributed by atoms with Gasteiger partial charge >= 0.3 is 18.0 Å². The molecule has 2 aromatic carbocycles. The van der Waals surface area contributed by atoms with Crippen LogP contribution in [0.1, 0.15) is 17.7 Å². The first-order valence-electron chi connectivity index (χ1n) is 12.1. The maximum atomic E-state index is 14.1. The summed E-state index contributed by atoms with van der Waals surface area (Å²) in [5.74, 6) is -1.12. The number of likely N-dealkylation sites (tertiary alicyclic amines) is 1. The first-order valence-corrected chi connectivity index (χ1v) is 13.3. The van der Waals surface area contributed by atoms with Gasteiger partial charge in [-0.2, -0.15) is 0 Å². The van der Waals surface area contributed by atoms with Crippen LogP contribution in [0.3, 0.4) is 0 Å². The van der Waals surface area contributed by atoms with Crippen LogP contribution in [-0.2, 0) is 11.3 Å². The molecule has 2 saturated heterocycles. The maximum Gasteiger partial charge on any atom is 0.329 e. The first-order chi connectivity index (χ1) is 17.8. The summed E-state index contributed by atoms with van der Waals surface area (Å²) in [5, 5.41) is 10.3. The number of aliphatic carboxylic acids is 1. The van der Waals surface area contributed by atoms with E-state index in [0.717, 1.165) is 4.88 Å². The van der Waals surface area contributed by atoms with Crippen molar-refractivity contribution in [2.45, 2.75) is 37.5 Å². The summed E-state index contributed by atoms with van der Waals surface area (Å²) in [6.45, 7) is 0.523. The molecule has 192 valence electrons. The molecule has 2 aliphatic heterocycles. The third kappa shape index (κ3) is 4.89. The lowest BCUT2D eigenvalue weighted by atomic mass is 10.0. The van der Waals surface area contributed by atoms with Crippen molar-refractivity contribution in [3.05, 3.63) is 82.0 Å². The van der Waals surface area contributed by atoms with Crippen molar-refractivity contribution >= 4 is 52.3 Å². The van der Waals surface area contributed by atoms with E-state index >= 15 is 0 Å². The van der Waals surface area contributed by atoms with E-state index in [0.29, 0.717) is 35.1 Å². The summed E-state index contributed by atoms with van der Waals surface area (Å²) >= 11 is 7.45. The Labute approximate surface area is 224 Å². The molecule has 0 aliphatic carbocycles. The van der Waals surface area contributed by atoms with Gasteiger partial charge < -0.3 is 19.8 Å². The Kier molecular flexibility index (Phi) is 7.08. The number of fused-ring (bicyclic) bond motifs is 2. The van der Waals surface area contributed by atoms with Crippen molar-refractivity contribution in [2.75, 3.05) is 18.5 Å². The number of benzene rings is 2. The van der Waals surface area contributed by atoms with E-state index in [1.807, 2.05) is 66.7 Å². The number of amides is 4. The molecule has 0 unspecified atom stereocenters. The van der Waals surface area contributed by atoms with Crippen LogP contribution in [0.2, 0.25) is 4.34 Å². The minimum atomic E-state index is -1.16. The molecule has 3 heterocycles. The average molecular weight is 539 g/mol. The van der Waals surface area contributed by atoms with Crippen LogP contribution >= 0.6 is 22.9 Å². The monoisotopic (exact) mass is 538 g/mol. The van der Waals surface area contributed by atoms with Gasteiger partial charge in [0.15, 0.2) is 6.04 Å². The van der Waals surface area contributed by atoms with E-state index in [1.54, 1.807) is 27.8 Å². The fourth-order valence-electron chi connectivity index (χ4n) is 5.33. The number of para-hydroxylation sites is 2. The van der Waals surface area contributed by atoms with Crippen LogP contribution in [0.5, 0.6) is 0 Å². The molecule has 1 N–H and O–H groups in total. The molecule has 3 aromatic rings. The van der Waals surface area contributed by atoms with Gasteiger partial charge in [0.05, 0.1) is 34.3 Å². The van der Waals surface area contributed by atoms with E-state index in [-0.39, 0.29) is 18.6 Å². The Morgan fingerprint density at radius 3 is 2.11 bits per heavy atom. The van der Waals surface area contributed by atoms with Crippen LogP contribution in [0.25, 0.3) is 0 Å². The molecule has 5 rings (SSSR count). The lowest BCUT2D eigenvalue weighted by molar-refractivity contribution is -0.145. The number of carbonyl (C=O) groups is 3. The maximum absolute atomic E-state index is 14.1. The third-order valence-corrected chi connectivity index (χ3v) is 8.16. The molecular formula is C27H27ClN4O4S. The molecule has 37 heavy (non-hydrogen) atoms. The molecule has 3 atom stereocenters. The number of thiophene rings is 1. The van der Waals surface area contributed by atoms with Gasteiger partial charge in [0, 0.05) is 18.5 Å². The second kappa shape index (κ2) is 10.4. The number of carbonyl (C=O) groups excluding carboxylic acids is 2. The van der Waals surface area contributed by atoms with Crippen molar-refractivity contribution < 1.29 is 19.5 Å². The predicted molar refractivity (Wildman–Crippen MR) is 143 cm³/mol. The lowest BCUT2D eigenvalue weighted by Gasteiger charge is -2.47. The number of hydrogen-bond acceptors (Lipinski definition) is 4. The van der Waals surface area contributed by atoms with Gasteiger partial charge in [-0.3, -0.25) is 4.90 Å². The zero-order chi connectivity index (χ0) is 26.1. The number of rotatable bonds is 5. The normalized spacial score (nSPS) is 20.5. The van der Waals surface area contributed by atoms with Crippen molar-refractivity contribution in [1.82, 2.24) is 14.7 Å².